The third-order valence-corrected chi connectivity index (χ3v) is 9.96. The molecule has 3 heteroatoms. The zero-order valence-electron chi connectivity index (χ0n) is 27.8. The molecule has 0 spiro atoms. The molecule has 0 N–H and O–H groups in total. The van der Waals surface area contributed by atoms with Crippen molar-refractivity contribution in [2.75, 3.05) is 4.90 Å². The van der Waals surface area contributed by atoms with E-state index in [2.05, 4.69) is 191 Å². The number of rotatable bonds is 6. The van der Waals surface area contributed by atoms with E-state index in [4.69, 9.17) is 4.42 Å². The average molecular weight is 653 g/mol. The van der Waals surface area contributed by atoms with E-state index >= 15 is 0 Å². The largest absolute Gasteiger partial charge is 0.456 e. The molecular weight excluding hydrogens is 621 g/mol. The van der Waals surface area contributed by atoms with E-state index in [1.807, 2.05) is 12.1 Å². The van der Waals surface area contributed by atoms with Crippen LogP contribution in [-0.4, -0.2) is 4.57 Å². The van der Waals surface area contributed by atoms with Crippen molar-refractivity contribution in [2.24, 2.45) is 0 Å². The topological polar surface area (TPSA) is 21.3 Å². The molecule has 10 rings (SSSR count). The Labute approximate surface area is 295 Å². The van der Waals surface area contributed by atoms with Crippen molar-refractivity contribution in [2.45, 2.75) is 0 Å². The highest BCUT2D eigenvalue weighted by Gasteiger charge is 2.20. The fourth-order valence-electron chi connectivity index (χ4n) is 7.76. The maximum absolute atomic E-state index is 6.27. The van der Waals surface area contributed by atoms with Gasteiger partial charge in [-0.25, -0.2) is 0 Å². The van der Waals surface area contributed by atoms with E-state index in [0.29, 0.717) is 0 Å². The van der Waals surface area contributed by atoms with Crippen LogP contribution in [0.2, 0.25) is 0 Å². The molecule has 240 valence electrons. The molecular formula is C48H32N2O. The van der Waals surface area contributed by atoms with Crippen LogP contribution in [-0.2, 0) is 0 Å². The summed E-state index contributed by atoms with van der Waals surface area (Å²) in [6, 6.07) is 69.1. The maximum atomic E-state index is 6.27. The Morgan fingerprint density at radius 2 is 0.980 bits per heavy atom. The van der Waals surface area contributed by atoms with Gasteiger partial charge in [0.1, 0.15) is 11.2 Å². The Balaban J connectivity index is 1.21. The second-order valence-corrected chi connectivity index (χ2v) is 12.9. The summed E-state index contributed by atoms with van der Waals surface area (Å²) in [5, 5.41) is 4.74. The van der Waals surface area contributed by atoms with Gasteiger partial charge < -0.3 is 13.9 Å². The highest BCUT2D eigenvalue weighted by Crippen LogP contribution is 2.44. The zero-order valence-corrected chi connectivity index (χ0v) is 27.8. The minimum absolute atomic E-state index is 0.896. The summed E-state index contributed by atoms with van der Waals surface area (Å²) in [5.74, 6) is 0. The van der Waals surface area contributed by atoms with Gasteiger partial charge in [-0.1, -0.05) is 127 Å². The average Bonchev–Trinajstić information content (AvgIpc) is 3.75. The maximum Gasteiger partial charge on any atom is 0.136 e. The summed E-state index contributed by atoms with van der Waals surface area (Å²) in [7, 11) is 0. The van der Waals surface area contributed by atoms with Crippen LogP contribution < -0.4 is 4.90 Å². The molecule has 0 aliphatic carbocycles. The predicted octanol–water partition coefficient (Wildman–Crippen LogP) is 13.5. The van der Waals surface area contributed by atoms with Crippen molar-refractivity contribution < 1.29 is 4.42 Å². The molecule has 0 aliphatic rings. The van der Waals surface area contributed by atoms with Gasteiger partial charge in [0.15, 0.2) is 0 Å². The van der Waals surface area contributed by atoms with Crippen LogP contribution in [0.3, 0.4) is 0 Å². The summed E-state index contributed by atoms with van der Waals surface area (Å²) in [5.41, 5.74) is 13.3. The van der Waals surface area contributed by atoms with Gasteiger partial charge in [0, 0.05) is 44.3 Å². The Hall–Kier alpha value is -6.84. The summed E-state index contributed by atoms with van der Waals surface area (Å²) in [4.78, 5) is 2.36. The SMILES string of the molecule is c1ccc(-c2cccc3c2c2ccc(N(c4ccccc4)c4cccc(-c5cccc6oc7ccccc7c56)c4)cc2n3-c2ccccc2)cc1. The van der Waals surface area contributed by atoms with Crippen LogP contribution in [0.1, 0.15) is 0 Å². The van der Waals surface area contributed by atoms with Crippen LogP contribution >= 0.6 is 0 Å². The van der Waals surface area contributed by atoms with Crippen molar-refractivity contribution in [3.8, 4) is 27.9 Å². The van der Waals surface area contributed by atoms with Crippen molar-refractivity contribution >= 4 is 60.8 Å². The smallest absolute Gasteiger partial charge is 0.136 e. The molecule has 0 radical (unpaired) electrons. The molecule has 0 fully saturated rings. The number of para-hydroxylation sites is 3. The first-order chi connectivity index (χ1) is 25.3. The van der Waals surface area contributed by atoms with Gasteiger partial charge in [-0.2, -0.15) is 0 Å². The van der Waals surface area contributed by atoms with Gasteiger partial charge in [0.2, 0.25) is 0 Å². The van der Waals surface area contributed by atoms with Gasteiger partial charge in [-0.15, -0.1) is 0 Å². The number of fused-ring (bicyclic) bond motifs is 6. The number of aromatic nitrogens is 1. The fourth-order valence-corrected chi connectivity index (χ4v) is 7.76. The van der Waals surface area contributed by atoms with Crippen LogP contribution in [0.15, 0.2) is 199 Å². The fraction of sp³-hybridized carbons (Fsp3) is 0. The van der Waals surface area contributed by atoms with Gasteiger partial charge >= 0.3 is 0 Å². The number of benzene rings is 8. The molecule has 8 aromatic carbocycles. The second kappa shape index (κ2) is 11.9. The van der Waals surface area contributed by atoms with Crippen LogP contribution in [0.25, 0.3) is 71.7 Å². The Morgan fingerprint density at radius 1 is 0.373 bits per heavy atom. The third-order valence-electron chi connectivity index (χ3n) is 9.96. The highest BCUT2D eigenvalue weighted by molar-refractivity contribution is 6.17. The molecule has 3 nitrogen and oxygen atoms in total. The molecule has 0 unspecified atom stereocenters. The van der Waals surface area contributed by atoms with E-state index in [0.717, 1.165) is 61.3 Å². The lowest BCUT2D eigenvalue weighted by atomic mass is 9.98. The van der Waals surface area contributed by atoms with Gasteiger partial charge in [0.05, 0.1) is 11.0 Å². The Morgan fingerprint density at radius 3 is 1.80 bits per heavy atom. The second-order valence-electron chi connectivity index (χ2n) is 12.9. The van der Waals surface area contributed by atoms with Crippen molar-refractivity contribution in [1.29, 1.82) is 0 Å². The van der Waals surface area contributed by atoms with E-state index in [1.165, 1.54) is 27.4 Å². The molecule has 0 saturated carbocycles. The molecule has 51 heavy (non-hydrogen) atoms. The normalized spacial score (nSPS) is 11.5. The minimum Gasteiger partial charge on any atom is -0.456 e. The van der Waals surface area contributed by atoms with Crippen LogP contribution in [0.4, 0.5) is 17.1 Å². The zero-order chi connectivity index (χ0) is 33.7. The molecule has 0 saturated heterocycles. The van der Waals surface area contributed by atoms with Gasteiger partial charge in [0.25, 0.3) is 0 Å². The highest BCUT2D eigenvalue weighted by atomic mass is 16.3. The first-order valence-corrected chi connectivity index (χ1v) is 17.4. The predicted molar refractivity (Wildman–Crippen MR) is 214 cm³/mol. The quantitative estimate of drug-likeness (QED) is 0.178. The van der Waals surface area contributed by atoms with Crippen molar-refractivity contribution in [3.05, 3.63) is 194 Å². The van der Waals surface area contributed by atoms with Crippen molar-refractivity contribution in [3.63, 3.8) is 0 Å². The Kier molecular flexibility index (Phi) is 6.81. The monoisotopic (exact) mass is 652 g/mol. The molecule has 0 bridgehead atoms. The summed E-state index contributed by atoms with van der Waals surface area (Å²) in [6.45, 7) is 0. The summed E-state index contributed by atoms with van der Waals surface area (Å²) in [6.07, 6.45) is 0. The number of anilines is 3. The molecule has 10 aromatic rings. The lowest BCUT2D eigenvalue weighted by molar-refractivity contribution is 0.669. The van der Waals surface area contributed by atoms with Gasteiger partial charge in [-0.05, 0) is 89.0 Å². The van der Waals surface area contributed by atoms with E-state index in [1.54, 1.807) is 0 Å². The first kappa shape index (κ1) is 29.1. The standard InChI is InChI=1S/C48H32N2O/c1-4-15-33(16-5-1)39-24-13-26-43-47(39)41-30-29-38(32-44(41)50(43)36-20-8-3-9-21-36)49(35-18-6-2-7-19-35)37-22-12-17-34(31-37)40-25-14-28-46-48(40)42-23-10-11-27-45(42)51-46/h1-32H. The van der Waals surface area contributed by atoms with E-state index in [9.17, 15) is 0 Å². The van der Waals surface area contributed by atoms with E-state index in [-0.39, 0.29) is 0 Å². The molecule has 0 atom stereocenters. The molecule has 2 heterocycles. The van der Waals surface area contributed by atoms with Crippen molar-refractivity contribution in [1.82, 2.24) is 4.57 Å². The molecule has 0 amide bonds. The van der Waals surface area contributed by atoms with E-state index < -0.39 is 0 Å². The summed E-state index contributed by atoms with van der Waals surface area (Å²) < 4.78 is 8.68. The Bertz CT molecular complexity index is 2850. The van der Waals surface area contributed by atoms with Crippen LogP contribution in [0.5, 0.6) is 0 Å². The number of furan rings is 1. The number of hydrogen-bond acceptors (Lipinski definition) is 2. The molecule has 0 aliphatic heterocycles. The lowest BCUT2D eigenvalue weighted by Crippen LogP contribution is -2.10. The number of nitrogens with zero attached hydrogens (tertiary/aromatic N) is 2. The third kappa shape index (κ3) is 4.82. The van der Waals surface area contributed by atoms with Crippen LogP contribution in [0, 0.1) is 0 Å². The summed E-state index contributed by atoms with van der Waals surface area (Å²) >= 11 is 0. The molecule has 2 aromatic heterocycles. The lowest BCUT2D eigenvalue weighted by Gasteiger charge is -2.26. The number of hydrogen-bond donors (Lipinski definition) is 0. The van der Waals surface area contributed by atoms with Gasteiger partial charge in [-0.3, -0.25) is 0 Å². The minimum atomic E-state index is 0.896. The first-order valence-electron chi connectivity index (χ1n) is 17.4.